The van der Waals surface area contributed by atoms with Crippen molar-refractivity contribution < 1.29 is 5.11 Å². The average Bonchev–Trinajstić information content (AvgIpc) is 3.13. The van der Waals surface area contributed by atoms with Gasteiger partial charge in [-0.2, -0.15) is 0 Å². The van der Waals surface area contributed by atoms with Crippen LogP contribution >= 0.6 is 11.8 Å². The Morgan fingerprint density at radius 3 is 2.94 bits per heavy atom. The highest BCUT2D eigenvalue weighted by Crippen LogP contribution is 2.41. The quantitative estimate of drug-likeness (QED) is 0.841. The second-order valence-corrected chi connectivity index (χ2v) is 5.89. The Kier molecular flexibility index (Phi) is 2.70. The Morgan fingerprint density at radius 1 is 1.38 bits per heavy atom. The van der Waals surface area contributed by atoms with Crippen LogP contribution in [-0.4, -0.2) is 23.5 Å². The van der Waals surface area contributed by atoms with Crippen LogP contribution in [0.4, 0.5) is 0 Å². The van der Waals surface area contributed by atoms with E-state index in [2.05, 4.69) is 29.6 Å². The first kappa shape index (κ1) is 10.6. The van der Waals surface area contributed by atoms with Gasteiger partial charge < -0.3 is 10.4 Å². The van der Waals surface area contributed by atoms with Gasteiger partial charge in [-0.3, -0.25) is 0 Å². The minimum atomic E-state index is -0.178. The molecule has 1 fully saturated rings. The molecule has 0 saturated heterocycles. The third-order valence-corrected chi connectivity index (χ3v) is 4.59. The Balaban J connectivity index is 1.98. The molecule has 0 spiro atoms. The number of nitrogens with one attached hydrogen (secondary N) is 1. The van der Waals surface area contributed by atoms with E-state index in [0.29, 0.717) is 6.04 Å². The number of thioether (sulfide) groups is 1. The first-order chi connectivity index (χ1) is 7.84. The van der Waals surface area contributed by atoms with E-state index in [1.54, 1.807) is 0 Å². The number of rotatable bonds is 3. The van der Waals surface area contributed by atoms with Gasteiger partial charge >= 0.3 is 0 Å². The lowest BCUT2D eigenvalue weighted by molar-refractivity contribution is 0.150. The van der Waals surface area contributed by atoms with Gasteiger partial charge in [-0.05, 0) is 30.9 Å². The van der Waals surface area contributed by atoms with Crippen LogP contribution in [-0.2, 0) is 5.54 Å². The normalized spacial score (nSPS) is 28.8. The van der Waals surface area contributed by atoms with Crippen molar-refractivity contribution in [2.24, 2.45) is 0 Å². The zero-order valence-corrected chi connectivity index (χ0v) is 10.1. The molecule has 1 atom stereocenters. The highest BCUT2D eigenvalue weighted by molar-refractivity contribution is 7.99. The fourth-order valence-corrected chi connectivity index (χ4v) is 3.70. The monoisotopic (exact) mass is 235 g/mol. The average molecular weight is 235 g/mol. The summed E-state index contributed by atoms with van der Waals surface area (Å²) in [5.41, 5.74) is 1.11. The van der Waals surface area contributed by atoms with Gasteiger partial charge in [0.25, 0.3) is 0 Å². The molecule has 1 aromatic carbocycles. The standard InChI is InChI=1S/C13H17NOS/c15-9-13(14-10-5-6-10)7-8-16-12-4-2-1-3-11(12)13/h1-4,10,14-15H,5-9H2. The fourth-order valence-electron chi connectivity index (χ4n) is 2.44. The van der Waals surface area contributed by atoms with E-state index in [-0.39, 0.29) is 12.1 Å². The molecule has 1 aliphatic heterocycles. The summed E-state index contributed by atoms with van der Waals surface area (Å²) in [5, 5.41) is 13.4. The number of hydrogen-bond acceptors (Lipinski definition) is 3. The number of aliphatic hydroxyl groups excluding tert-OH is 1. The molecular weight excluding hydrogens is 218 g/mol. The van der Waals surface area contributed by atoms with E-state index >= 15 is 0 Å². The van der Waals surface area contributed by atoms with E-state index < -0.39 is 0 Å². The Bertz CT molecular complexity index is 391. The summed E-state index contributed by atoms with van der Waals surface area (Å²) in [7, 11) is 0. The summed E-state index contributed by atoms with van der Waals surface area (Å²) >= 11 is 1.90. The van der Waals surface area contributed by atoms with Gasteiger partial charge in [-0.15, -0.1) is 11.8 Å². The summed E-state index contributed by atoms with van der Waals surface area (Å²) < 4.78 is 0. The summed E-state index contributed by atoms with van der Waals surface area (Å²) in [4.78, 5) is 1.33. The van der Waals surface area contributed by atoms with Crippen LogP contribution in [0.1, 0.15) is 24.8 Å². The molecule has 1 aliphatic carbocycles. The van der Waals surface area contributed by atoms with Gasteiger partial charge in [0.05, 0.1) is 12.1 Å². The fraction of sp³-hybridized carbons (Fsp3) is 0.538. The first-order valence-electron chi connectivity index (χ1n) is 5.95. The van der Waals surface area contributed by atoms with Gasteiger partial charge in [-0.1, -0.05) is 18.2 Å². The van der Waals surface area contributed by atoms with Crippen molar-refractivity contribution in [2.75, 3.05) is 12.4 Å². The topological polar surface area (TPSA) is 32.3 Å². The molecule has 86 valence electrons. The molecule has 2 nitrogen and oxygen atoms in total. The van der Waals surface area contributed by atoms with Gasteiger partial charge in [-0.25, -0.2) is 0 Å². The molecule has 2 N–H and O–H groups in total. The number of fused-ring (bicyclic) bond motifs is 1. The number of benzene rings is 1. The van der Waals surface area contributed by atoms with Crippen molar-refractivity contribution in [2.45, 2.75) is 35.7 Å². The Hall–Kier alpha value is -0.510. The van der Waals surface area contributed by atoms with E-state index in [1.165, 1.54) is 23.3 Å². The summed E-state index contributed by atoms with van der Waals surface area (Å²) in [6, 6.07) is 9.11. The molecule has 1 unspecified atom stereocenters. The maximum Gasteiger partial charge on any atom is 0.0690 e. The minimum Gasteiger partial charge on any atom is -0.394 e. The van der Waals surface area contributed by atoms with Crippen LogP contribution < -0.4 is 5.32 Å². The second-order valence-electron chi connectivity index (χ2n) is 4.75. The third-order valence-electron chi connectivity index (χ3n) is 3.52. The second kappa shape index (κ2) is 4.06. The molecule has 2 aliphatic rings. The molecule has 3 rings (SSSR count). The highest BCUT2D eigenvalue weighted by atomic mass is 32.2. The largest absolute Gasteiger partial charge is 0.394 e. The number of hydrogen-bond donors (Lipinski definition) is 2. The van der Waals surface area contributed by atoms with Crippen molar-refractivity contribution in [1.29, 1.82) is 0 Å². The van der Waals surface area contributed by atoms with Crippen molar-refractivity contribution in [3.05, 3.63) is 29.8 Å². The van der Waals surface area contributed by atoms with Crippen LogP contribution in [0.2, 0.25) is 0 Å². The molecule has 0 aromatic heterocycles. The van der Waals surface area contributed by atoms with E-state index in [1.807, 2.05) is 11.8 Å². The molecule has 0 amide bonds. The summed E-state index contributed by atoms with van der Waals surface area (Å²) in [6.07, 6.45) is 3.55. The first-order valence-corrected chi connectivity index (χ1v) is 6.93. The van der Waals surface area contributed by atoms with Gasteiger partial charge in [0.15, 0.2) is 0 Å². The van der Waals surface area contributed by atoms with Crippen molar-refractivity contribution in [1.82, 2.24) is 5.32 Å². The number of aliphatic hydroxyl groups is 1. The summed E-state index contributed by atoms with van der Waals surface area (Å²) in [5.74, 6) is 1.09. The molecule has 1 saturated carbocycles. The molecule has 0 radical (unpaired) electrons. The van der Waals surface area contributed by atoms with Crippen molar-refractivity contribution >= 4 is 11.8 Å². The van der Waals surface area contributed by atoms with Crippen molar-refractivity contribution in [3.8, 4) is 0 Å². The Labute approximate surface area is 100 Å². The van der Waals surface area contributed by atoms with Gasteiger partial charge in [0.2, 0.25) is 0 Å². The van der Waals surface area contributed by atoms with Crippen molar-refractivity contribution in [3.63, 3.8) is 0 Å². The minimum absolute atomic E-state index is 0.178. The maximum atomic E-state index is 9.79. The molecule has 0 bridgehead atoms. The Morgan fingerprint density at radius 2 is 2.19 bits per heavy atom. The third kappa shape index (κ3) is 1.77. The lowest BCUT2D eigenvalue weighted by Crippen LogP contribution is -2.48. The van der Waals surface area contributed by atoms with Crippen LogP contribution in [0, 0.1) is 0 Å². The van der Waals surface area contributed by atoms with Crippen LogP contribution in [0.25, 0.3) is 0 Å². The zero-order valence-electron chi connectivity index (χ0n) is 9.28. The summed E-state index contributed by atoms with van der Waals surface area (Å²) in [6.45, 7) is 0.209. The lowest BCUT2D eigenvalue weighted by atomic mass is 9.87. The van der Waals surface area contributed by atoms with Crippen LogP contribution in [0.15, 0.2) is 29.2 Å². The maximum absolute atomic E-state index is 9.79. The highest BCUT2D eigenvalue weighted by Gasteiger charge is 2.40. The van der Waals surface area contributed by atoms with E-state index in [4.69, 9.17) is 0 Å². The predicted octanol–water partition coefficient (Wildman–Crippen LogP) is 2.12. The van der Waals surface area contributed by atoms with Gasteiger partial charge in [0, 0.05) is 16.7 Å². The van der Waals surface area contributed by atoms with Crippen LogP contribution in [0.3, 0.4) is 0 Å². The van der Waals surface area contributed by atoms with E-state index in [9.17, 15) is 5.11 Å². The molecular formula is C13H17NOS. The SMILES string of the molecule is OCC1(NC2CC2)CCSc2ccccc21. The molecule has 16 heavy (non-hydrogen) atoms. The van der Waals surface area contributed by atoms with Gasteiger partial charge in [0.1, 0.15) is 0 Å². The molecule has 1 heterocycles. The molecule has 3 heteroatoms. The van der Waals surface area contributed by atoms with Crippen LogP contribution in [0.5, 0.6) is 0 Å². The van der Waals surface area contributed by atoms with E-state index in [0.717, 1.165) is 12.2 Å². The smallest absolute Gasteiger partial charge is 0.0690 e. The zero-order chi connectivity index (χ0) is 11.0. The molecule has 1 aromatic rings. The predicted molar refractivity (Wildman–Crippen MR) is 66.7 cm³/mol. The lowest BCUT2D eigenvalue weighted by Gasteiger charge is -2.38.